The lowest BCUT2D eigenvalue weighted by atomic mass is 10.1. The molecular formula is C18H20ClN3O5S. The molecule has 0 saturated heterocycles. The summed E-state index contributed by atoms with van der Waals surface area (Å²) in [5, 5.41) is 13.7. The van der Waals surface area contributed by atoms with E-state index in [1.54, 1.807) is 13.8 Å². The van der Waals surface area contributed by atoms with Gasteiger partial charge in [0.25, 0.3) is 11.6 Å². The first kappa shape index (κ1) is 21.8. The van der Waals surface area contributed by atoms with Crippen LogP contribution < -0.4 is 5.32 Å². The zero-order valence-electron chi connectivity index (χ0n) is 15.6. The summed E-state index contributed by atoms with van der Waals surface area (Å²) in [6, 6.07) is 8.18. The van der Waals surface area contributed by atoms with Gasteiger partial charge in [-0.05, 0) is 31.2 Å². The molecule has 0 heterocycles. The van der Waals surface area contributed by atoms with Crippen molar-refractivity contribution in [3.8, 4) is 0 Å². The Bertz CT molecular complexity index is 1020. The lowest BCUT2D eigenvalue weighted by Gasteiger charge is -2.19. The quantitative estimate of drug-likeness (QED) is 0.535. The number of sulfonamides is 1. The molecule has 0 aliphatic heterocycles. The van der Waals surface area contributed by atoms with E-state index in [2.05, 4.69) is 5.32 Å². The van der Waals surface area contributed by atoms with Gasteiger partial charge in [-0.1, -0.05) is 31.5 Å². The molecule has 0 aliphatic rings. The molecule has 2 aromatic rings. The third-order valence-corrected chi connectivity index (χ3v) is 6.65. The highest BCUT2D eigenvalue weighted by Crippen LogP contribution is 2.27. The Morgan fingerprint density at radius 2 is 1.86 bits per heavy atom. The molecule has 0 aliphatic carbocycles. The maximum atomic E-state index is 12.7. The molecule has 0 aromatic heterocycles. The van der Waals surface area contributed by atoms with Gasteiger partial charge < -0.3 is 5.32 Å². The van der Waals surface area contributed by atoms with Crippen LogP contribution in [0, 0.1) is 17.0 Å². The second-order valence-electron chi connectivity index (χ2n) is 5.89. The minimum Gasteiger partial charge on any atom is -0.321 e. The molecule has 10 heteroatoms. The normalized spacial score (nSPS) is 11.5. The number of carbonyl (C=O) groups excluding carboxylic acids is 1. The van der Waals surface area contributed by atoms with Crippen LogP contribution in [0.15, 0.2) is 41.3 Å². The van der Waals surface area contributed by atoms with E-state index in [-0.39, 0.29) is 45.5 Å². The van der Waals surface area contributed by atoms with Gasteiger partial charge in [0.1, 0.15) is 0 Å². The van der Waals surface area contributed by atoms with Gasteiger partial charge in [-0.3, -0.25) is 14.9 Å². The van der Waals surface area contributed by atoms with Gasteiger partial charge in [0.2, 0.25) is 10.0 Å². The Hall–Kier alpha value is -2.49. The van der Waals surface area contributed by atoms with Crippen LogP contribution in [-0.4, -0.2) is 36.6 Å². The minimum absolute atomic E-state index is 0.0409. The summed E-state index contributed by atoms with van der Waals surface area (Å²) in [6.07, 6.45) is 0. The van der Waals surface area contributed by atoms with Crippen molar-refractivity contribution >= 4 is 38.9 Å². The Morgan fingerprint density at radius 3 is 2.43 bits per heavy atom. The van der Waals surface area contributed by atoms with Crippen molar-refractivity contribution in [2.24, 2.45) is 0 Å². The second kappa shape index (κ2) is 8.68. The number of nitrogens with zero attached hydrogens (tertiary/aromatic N) is 2. The maximum absolute atomic E-state index is 12.7. The average Bonchev–Trinajstić information content (AvgIpc) is 2.64. The molecule has 150 valence electrons. The highest BCUT2D eigenvalue weighted by atomic mass is 35.5. The number of nitro benzene ring substituents is 1. The van der Waals surface area contributed by atoms with Crippen molar-refractivity contribution in [1.82, 2.24) is 4.31 Å². The molecule has 0 spiro atoms. The molecule has 1 N–H and O–H groups in total. The number of halogens is 1. The first-order chi connectivity index (χ1) is 13.1. The van der Waals surface area contributed by atoms with E-state index >= 15 is 0 Å². The summed E-state index contributed by atoms with van der Waals surface area (Å²) in [7, 11) is -3.77. The van der Waals surface area contributed by atoms with E-state index < -0.39 is 20.9 Å². The van der Waals surface area contributed by atoms with Gasteiger partial charge in [0, 0.05) is 19.2 Å². The summed E-state index contributed by atoms with van der Waals surface area (Å²) in [4.78, 5) is 23.1. The summed E-state index contributed by atoms with van der Waals surface area (Å²) in [5.41, 5.74) is 0.346. The number of carbonyl (C=O) groups is 1. The monoisotopic (exact) mass is 425 g/mol. The van der Waals surface area contributed by atoms with Gasteiger partial charge in [-0.15, -0.1) is 0 Å². The molecular weight excluding hydrogens is 406 g/mol. The number of rotatable bonds is 7. The lowest BCUT2D eigenvalue weighted by molar-refractivity contribution is -0.385. The van der Waals surface area contributed by atoms with Crippen LogP contribution in [0.5, 0.6) is 0 Å². The van der Waals surface area contributed by atoms with Crippen LogP contribution in [0.4, 0.5) is 11.4 Å². The molecule has 2 aromatic carbocycles. The highest BCUT2D eigenvalue weighted by molar-refractivity contribution is 7.89. The molecule has 1 amide bonds. The van der Waals surface area contributed by atoms with Crippen LogP contribution >= 0.6 is 11.6 Å². The van der Waals surface area contributed by atoms with Crippen LogP contribution in [0.2, 0.25) is 5.02 Å². The fourth-order valence-electron chi connectivity index (χ4n) is 2.70. The zero-order chi connectivity index (χ0) is 21.1. The number of anilines is 1. The molecule has 28 heavy (non-hydrogen) atoms. The topological polar surface area (TPSA) is 110 Å². The minimum atomic E-state index is -3.77. The standard InChI is InChI=1S/C18H20ClN3O5S/c1-4-21(5-2)28(26,27)13-9-10-15(19)14(11-13)18(23)20-16-7-6-8-17(12(16)3)22(24)25/h6-11H,4-5H2,1-3H3,(H,20,23). The van der Waals surface area contributed by atoms with Gasteiger partial charge in [0.15, 0.2) is 0 Å². The van der Waals surface area contributed by atoms with Crippen LogP contribution in [0.25, 0.3) is 0 Å². The predicted molar refractivity (Wildman–Crippen MR) is 107 cm³/mol. The largest absolute Gasteiger partial charge is 0.321 e. The van der Waals surface area contributed by atoms with Crippen LogP contribution in [0.3, 0.4) is 0 Å². The number of benzene rings is 2. The maximum Gasteiger partial charge on any atom is 0.274 e. The molecule has 0 saturated carbocycles. The number of hydrogen-bond donors (Lipinski definition) is 1. The van der Waals surface area contributed by atoms with Gasteiger partial charge >= 0.3 is 0 Å². The summed E-state index contributed by atoms with van der Waals surface area (Å²) in [5.74, 6) is -0.662. The van der Waals surface area contributed by atoms with Crippen molar-refractivity contribution in [3.05, 3.63) is 62.7 Å². The first-order valence-corrected chi connectivity index (χ1v) is 10.3. The van der Waals surface area contributed by atoms with E-state index in [0.29, 0.717) is 0 Å². The Kier molecular flexibility index (Phi) is 6.76. The number of hydrogen-bond acceptors (Lipinski definition) is 5. The SMILES string of the molecule is CCN(CC)S(=O)(=O)c1ccc(Cl)c(C(=O)Nc2cccc([N+](=O)[O-])c2C)c1. The Labute approximate surface area is 168 Å². The van der Waals surface area contributed by atoms with E-state index in [1.807, 2.05) is 0 Å². The predicted octanol–water partition coefficient (Wildman–Crippen LogP) is 3.84. The van der Waals surface area contributed by atoms with Crippen LogP contribution in [-0.2, 0) is 10.0 Å². The van der Waals surface area contributed by atoms with Gasteiger partial charge in [0.05, 0.1) is 31.7 Å². The van der Waals surface area contributed by atoms with Gasteiger partial charge in [-0.2, -0.15) is 4.31 Å². The molecule has 0 atom stereocenters. The second-order valence-corrected chi connectivity index (χ2v) is 8.24. The van der Waals surface area contributed by atoms with E-state index in [4.69, 9.17) is 11.6 Å². The third kappa shape index (κ3) is 4.32. The van der Waals surface area contributed by atoms with Crippen molar-refractivity contribution in [3.63, 3.8) is 0 Å². The van der Waals surface area contributed by atoms with E-state index in [1.165, 1.54) is 47.6 Å². The molecule has 8 nitrogen and oxygen atoms in total. The highest BCUT2D eigenvalue weighted by Gasteiger charge is 2.24. The number of amides is 1. The smallest absolute Gasteiger partial charge is 0.274 e. The van der Waals surface area contributed by atoms with Crippen molar-refractivity contribution in [2.75, 3.05) is 18.4 Å². The van der Waals surface area contributed by atoms with Crippen molar-refractivity contribution < 1.29 is 18.1 Å². The molecule has 2 rings (SSSR count). The summed E-state index contributed by atoms with van der Waals surface area (Å²) >= 11 is 6.10. The first-order valence-electron chi connectivity index (χ1n) is 8.48. The fraction of sp³-hybridized carbons (Fsp3) is 0.278. The molecule has 0 bridgehead atoms. The molecule has 0 radical (unpaired) electrons. The number of nitrogens with one attached hydrogen (secondary N) is 1. The van der Waals surface area contributed by atoms with Crippen molar-refractivity contribution in [2.45, 2.75) is 25.7 Å². The van der Waals surface area contributed by atoms with Crippen molar-refractivity contribution in [1.29, 1.82) is 0 Å². The molecule has 0 fully saturated rings. The molecule has 0 unspecified atom stereocenters. The van der Waals surface area contributed by atoms with Gasteiger partial charge in [-0.25, -0.2) is 8.42 Å². The third-order valence-electron chi connectivity index (χ3n) is 4.28. The zero-order valence-corrected chi connectivity index (χ0v) is 17.2. The number of nitro groups is 1. The Morgan fingerprint density at radius 1 is 1.21 bits per heavy atom. The van der Waals surface area contributed by atoms with E-state index in [9.17, 15) is 23.3 Å². The lowest BCUT2D eigenvalue weighted by Crippen LogP contribution is -2.30. The summed E-state index contributed by atoms with van der Waals surface area (Å²) < 4.78 is 26.6. The summed E-state index contributed by atoms with van der Waals surface area (Å²) in [6.45, 7) is 5.52. The van der Waals surface area contributed by atoms with E-state index in [0.717, 1.165) is 0 Å². The Balaban J connectivity index is 2.42. The fourth-order valence-corrected chi connectivity index (χ4v) is 4.39. The average molecular weight is 426 g/mol. The van der Waals surface area contributed by atoms with Crippen LogP contribution in [0.1, 0.15) is 29.8 Å².